The molecule has 1 N–H and O–H groups in total. The molecule has 9 heteroatoms. The van der Waals surface area contributed by atoms with Crippen molar-refractivity contribution >= 4 is 45.2 Å². The zero-order valence-electron chi connectivity index (χ0n) is 19.5. The van der Waals surface area contributed by atoms with Gasteiger partial charge in [-0.3, -0.25) is 14.2 Å². The molecule has 1 aliphatic rings. The van der Waals surface area contributed by atoms with Gasteiger partial charge in [0, 0.05) is 6.04 Å². The number of benzene rings is 1. The van der Waals surface area contributed by atoms with Crippen molar-refractivity contribution in [2.24, 2.45) is 0 Å². The molecule has 0 saturated heterocycles. The third kappa shape index (κ3) is 5.52. The number of thioether (sulfide) groups is 1. The summed E-state index contributed by atoms with van der Waals surface area (Å²) in [5.74, 6) is -0.316. The van der Waals surface area contributed by atoms with Gasteiger partial charge in [0.1, 0.15) is 9.71 Å². The van der Waals surface area contributed by atoms with Crippen molar-refractivity contribution < 1.29 is 14.3 Å². The maximum Gasteiger partial charge on any atom is 0.348 e. The van der Waals surface area contributed by atoms with Gasteiger partial charge in [-0.1, -0.05) is 61.4 Å². The summed E-state index contributed by atoms with van der Waals surface area (Å²) in [6.07, 6.45) is 5.56. The lowest BCUT2D eigenvalue weighted by Crippen LogP contribution is -2.37. The van der Waals surface area contributed by atoms with E-state index in [1.165, 1.54) is 29.5 Å². The number of nitrogens with zero attached hydrogens (tertiary/aromatic N) is 2. The minimum absolute atomic E-state index is 0.0490. The number of carbonyl (C=O) groups excluding carboxylic acids is 2. The lowest BCUT2D eigenvalue weighted by Gasteiger charge is -2.22. The molecule has 2 heterocycles. The maximum absolute atomic E-state index is 13.6. The number of ether oxygens (including phenoxy) is 1. The Morgan fingerprint density at radius 1 is 1.21 bits per heavy atom. The van der Waals surface area contributed by atoms with Crippen LogP contribution in [0.1, 0.15) is 59.8 Å². The van der Waals surface area contributed by atoms with Crippen molar-refractivity contribution in [1.82, 2.24) is 14.9 Å². The number of esters is 1. The van der Waals surface area contributed by atoms with Crippen molar-refractivity contribution in [3.63, 3.8) is 0 Å². The van der Waals surface area contributed by atoms with Crippen LogP contribution >= 0.6 is 23.1 Å². The molecule has 0 bridgehead atoms. The first-order valence-electron chi connectivity index (χ1n) is 11.6. The summed E-state index contributed by atoms with van der Waals surface area (Å²) in [6, 6.07) is 9.90. The molecule has 7 nitrogen and oxygen atoms in total. The third-order valence-corrected chi connectivity index (χ3v) is 8.10. The standard InChI is InChI=1S/C25H29N3O4S2/c1-3-32-24(31)21-16(2)20-22(34-21)27-25(28(23(20)30)14-17-10-6-4-7-11-17)33-15-19(29)26-18-12-8-5-9-13-18/h4,6-7,10-11,18H,3,5,8-9,12-15H2,1-2H3,(H,26,29). The number of hydrogen-bond acceptors (Lipinski definition) is 7. The van der Waals surface area contributed by atoms with Crippen LogP contribution in [0.15, 0.2) is 40.3 Å². The van der Waals surface area contributed by atoms with Gasteiger partial charge in [0.25, 0.3) is 5.56 Å². The Balaban J connectivity index is 1.66. The van der Waals surface area contributed by atoms with E-state index in [1.54, 1.807) is 18.4 Å². The van der Waals surface area contributed by atoms with E-state index in [4.69, 9.17) is 9.72 Å². The molecule has 180 valence electrons. The Morgan fingerprint density at radius 3 is 2.65 bits per heavy atom. The molecule has 1 aromatic carbocycles. The van der Waals surface area contributed by atoms with Crippen molar-refractivity contribution in [1.29, 1.82) is 0 Å². The van der Waals surface area contributed by atoms with E-state index in [9.17, 15) is 14.4 Å². The van der Waals surface area contributed by atoms with Gasteiger partial charge >= 0.3 is 5.97 Å². The fourth-order valence-corrected chi connectivity index (χ4v) is 6.18. The van der Waals surface area contributed by atoms with Gasteiger partial charge in [-0.25, -0.2) is 9.78 Å². The lowest BCUT2D eigenvalue weighted by atomic mass is 9.95. The minimum Gasteiger partial charge on any atom is -0.462 e. The van der Waals surface area contributed by atoms with Crippen molar-refractivity contribution in [2.45, 2.75) is 63.7 Å². The van der Waals surface area contributed by atoms with Crippen LogP contribution in [0.2, 0.25) is 0 Å². The summed E-state index contributed by atoms with van der Waals surface area (Å²) < 4.78 is 6.76. The smallest absolute Gasteiger partial charge is 0.348 e. The number of aryl methyl sites for hydroxylation is 1. The molecule has 0 aliphatic heterocycles. The number of carbonyl (C=O) groups is 2. The van der Waals surface area contributed by atoms with Crippen LogP contribution < -0.4 is 10.9 Å². The van der Waals surface area contributed by atoms with E-state index in [1.807, 2.05) is 30.3 Å². The SMILES string of the molecule is CCOC(=O)c1sc2nc(SCC(=O)NC3CCCCC3)n(Cc3ccccc3)c(=O)c2c1C. The molecule has 2 aromatic heterocycles. The number of aromatic nitrogens is 2. The predicted octanol–water partition coefficient (Wildman–Crippen LogP) is 4.53. The molecule has 0 unspecified atom stereocenters. The Morgan fingerprint density at radius 2 is 1.94 bits per heavy atom. The highest BCUT2D eigenvalue weighted by atomic mass is 32.2. The van der Waals surface area contributed by atoms with Crippen LogP contribution in [0.5, 0.6) is 0 Å². The normalized spacial score (nSPS) is 14.3. The zero-order chi connectivity index (χ0) is 24.1. The monoisotopic (exact) mass is 499 g/mol. The van der Waals surface area contributed by atoms with Crippen LogP contribution in [0.3, 0.4) is 0 Å². The van der Waals surface area contributed by atoms with Crippen LogP contribution in [-0.2, 0) is 16.1 Å². The molecule has 0 radical (unpaired) electrons. The fraction of sp³-hybridized carbons (Fsp3) is 0.440. The second-order valence-corrected chi connectivity index (χ2v) is 10.4. The first kappa shape index (κ1) is 24.5. The van der Waals surface area contributed by atoms with E-state index >= 15 is 0 Å². The van der Waals surface area contributed by atoms with Gasteiger partial charge in [0.15, 0.2) is 5.16 Å². The molecule has 1 fully saturated rings. The summed E-state index contributed by atoms with van der Waals surface area (Å²) >= 11 is 2.42. The lowest BCUT2D eigenvalue weighted by molar-refractivity contribution is -0.119. The number of hydrogen-bond donors (Lipinski definition) is 1. The zero-order valence-corrected chi connectivity index (χ0v) is 21.1. The van der Waals surface area contributed by atoms with Gasteiger partial charge in [0.05, 0.1) is 24.3 Å². The van der Waals surface area contributed by atoms with E-state index < -0.39 is 5.97 Å². The topological polar surface area (TPSA) is 90.3 Å². The van der Waals surface area contributed by atoms with Gasteiger partial charge < -0.3 is 10.1 Å². The van der Waals surface area contributed by atoms with E-state index in [-0.39, 0.29) is 29.9 Å². The summed E-state index contributed by atoms with van der Waals surface area (Å²) in [6.45, 7) is 4.10. The van der Waals surface area contributed by atoms with Crippen molar-refractivity contribution in [2.75, 3.05) is 12.4 Å². The van der Waals surface area contributed by atoms with Crippen molar-refractivity contribution in [3.8, 4) is 0 Å². The van der Waals surface area contributed by atoms with E-state index in [0.29, 0.717) is 32.4 Å². The largest absolute Gasteiger partial charge is 0.462 e. The molecule has 0 atom stereocenters. The summed E-state index contributed by atoms with van der Waals surface area (Å²) in [4.78, 5) is 44.2. The van der Waals surface area contributed by atoms with Crippen molar-refractivity contribution in [3.05, 3.63) is 56.7 Å². The van der Waals surface area contributed by atoms with Crippen LogP contribution in [-0.4, -0.2) is 39.8 Å². The summed E-state index contributed by atoms with van der Waals surface area (Å²) in [5.41, 5.74) is 1.33. The van der Waals surface area contributed by atoms with Crippen LogP contribution in [0.25, 0.3) is 10.2 Å². The highest BCUT2D eigenvalue weighted by molar-refractivity contribution is 7.99. The Labute approximate surface area is 206 Å². The second-order valence-electron chi connectivity index (χ2n) is 8.42. The number of amides is 1. The Hall–Kier alpha value is -2.65. The van der Waals surface area contributed by atoms with Gasteiger partial charge in [0.2, 0.25) is 5.91 Å². The number of nitrogens with one attached hydrogen (secondary N) is 1. The number of thiophene rings is 1. The molecule has 4 rings (SSSR count). The maximum atomic E-state index is 13.6. The molecule has 0 spiro atoms. The third-order valence-electron chi connectivity index (χ3n) is 5.96. The van der Waals surface area contributed by atoms with Gasteiger partial charge in [-0.2, -0.15) is 0 Å². The first-order chi connectivity index (χ1) is 16.5. The fourth-order valence-electron chi connectivity index (χ4n) is 4.25. The molecule has 34 heavy (non-hydrogen) atoms. The number of fused-ring (bicyclic) bond motifs is 1. The van der Waals surface area contributed by atoms with Crippen LogP contribution in [0, 0.1) is 6.92 Å². The Kier molecular flexibility index (Phi) is 8.05. The average molecular weight is 500 g/mol. The minimum atomic E-state index is -0.446. The first-order valence-corrected chi connectivity index (χ1v) is 13.4. The predicted molar refractivity (Wildman–Crippen MR) is 136 cm³/mol. The highest BCUT2D eigenvalue weighted by Crippen LogP contribution is 2.30. The molecule has 1 aliphatic carbocycles. The average Bonchev–Trinajstić information content (AvgIpc) is 3.17. The Bertz CT molecular complexity index is 1230. The van der Waals surface area contributed by atoms with Gasteiger partial charge in [-0.05, 0) is 37.8 Å². The number of rotatable bonds is 8. The second kappa shape index (κ2) is 11.2. The molecule has 3 aromatic rings. The molecular weight excluding hydrogens is 470 g/mol. The van der Waals surface area contributed by atoms with E-state index in [0.717, 1.165) is 31.2 Å². The molecule has 1 saturated carbocycles. The molecule has 1 amide bonds. The van der Waals surface area contributed by atoms with Gasteiger partial charge in [-0.15, -0.1) is 11.3 Å². The van der Waals surface area contributed by atoms with Crippen LogP contribution in [0.4, 0.5) is 0 Å². The van der Waals surface area contributed by atoms with E-state index in [2.05, 4.69) is 5.32 Å². The quantitative estimate of drug-likeness (QED) is 0.278. The highest BCUT2D eigenvalue weighted by Gasteiger charge is 2.23. The molecular formula is C25H29N3O4S2. The summed E-state index contributed by atoms with van der Waals surface area (Å²) in [7, 11) is 0. The summed E-state index contributed by atoms with van der Waals surface area (Å²) in [5, 5.41) is 4.02.